The zero-order valence-electron chi connectivity index (χ0n) is 19.6. The quantitative estimate of drug-likeness (QED) is 0.379. The van der Waals surface area contributed by atoms with Crippen LogP contribution in [0.5, 0.6) is 5.75 Å². The van der Waals surface area contributed by atoms with Gasteiger partial charge in [0.2, 0.25) is 11.7 Å². The second-order valence-electron chi connectivity index (χ2n) is 8.61. The number of carbonyl (C=O) groups excluding carboxylic acids is 1. The van der Waals surface area contributed by atoms with E-state index in [1.807, 2.05) is 78.9 Å². The number of aromatic nitrogens is 4. The number of ether oxygens (including phenoxy) is 1. The van der Waals surface area contributed by atoms with Crippen LogP contribution in [-0.4, -0.2) is 38.0 Å². The van der Waals surface area contributed by atoms with Gasteiger partial charge < -0.3 is 19.1 Å². The van der Waals surface area contributed by atoms with E-state index in [1.54, 1.807) is 18.3 Å². The van der Waals surface area contributed by atoms with E-state index in [9.17, 15) is 4.79 Å². The number of benzene rings is 3. The van der Waals surface area contributed by atoms with Gasteiger partial charge in [-0.2, -0.15) is 4.98 Å². The first kappa shape index (κ1) is 21.8. The van der Waals surface area contributed by atoms with Crippen molar-refractivity contribution >= 4 is 5.91 Å². The van der Waals surface area contributed by atoms with Gasteiger partial charge in [0.05, 0.1) is 31.4 Å². The zero-order valence-corrected chi connectivity index (χ0v) is 19.6. The molecule has 5 aromatic rings. The van der Waals surface area contributed by atoms with Gasteiger partial charge in [-0.1, -0.05) is 47.6 Å². The molecule has 3 aromatic carbocycles. The normalized spacial score (nSPS) is 14.9. The van der Waals surface area contributed by atoms with Crippen molar-refractivity contribution in [1.82, 2.24) is 25.0 Å². The number of rotatable bonds is 5. The highest BCUT2D eigenvalue weighted by Gasteiger charge is 2.36. The van der Waals surface area contributed by atoms with Crippen molar-refractivity contribution in [2.75, 3.05) is 7.11 Å². The summed E-state index contributed by atoms with van der Waals surface area (Å²) in [5.74, 6) is 1.48. The third-order valence-electron chi connectivity index (χ3n) is 6.47. The van der Waals surface area contributed by atoms with E-state index < -0.39 is 6.04 Å². The number of nitrogens with zero attached hydrogens (tertiary/aromatic N) is 4. The van der Waals surface area contributed by atoms with Crippen molar-refractivity contribution in [1.29, 1.82) is 0 Å². The van der Waals surface area contributed by atoms with Crippen molar-refractivity contribution < 1.29 is 14.1 Å². The third kappa shape index (κ3) is 4.02. The Balaban J connectivity index is 1.30. The monoisotopic (exact) mass is 477 g/mol. The van der Waals surface area contributed by atoms with Crippen LogP contribution in [0.25, 0.3) is 22.5 Å². The highest BCUT2D eigenvalue weighted by molar-refractivity contribution is 5.95. The number of carbonyl (C=O) groups is 1. The lowest BCUT2D eigenvalue weighted by Crippen LogP contribution is -2.39. The lowest BCUT2D eigenvalue weighted by atomic mass is 9.99. The maximum atomic E-state index is 13.7. The minimum absolute atomic E-state index is 0.107. The smallest absolute Gasteiger partial charge is 0.254 e. The van der Waals surface area contributed by atoms with Crippen molar-refractivity contribution in [3.63, 3.8) is 0 Å². The molecule has 0 saturated heterocycles. The second-order valence-corrected chi connectivity index (χ2v) is 8.61. The second kappa shape index (κ2) is 9.14. The molecule has 1 aliphatic heterocycles. The molecule has 1 amide bonds. The van der Waals surface area contributed by atoms with Crippen LogP contribution in [0.4, 0.5) is 0 Å². The molecule has 0 bridgehead atoms. The topological polar surface area (TPSA) is 97.1 Å². The SMILES string of the molecule is COc1ccc(-c2noc([C@@H]3Cc4nc[nH]c4CN3C(=O)c3ccc(-c4ccccc4)cc3)n2)cc1. The van der Waals surface area contributed by atoms with Crippen LogP contribution < -0.4 is 4.74 Å². The van der Waals surface area contributed by atoms with E-state index in [4.69, 9.17) is 9.26 Å². The van der Waals surface area contributed by atoms with E-state index in [2.05, 4.69) is 20.1 Å². The van der Waals surface area contributed by atoms with Crippen molar-refractivity contribution in [3.05, 3.63) is 108 Å². The third-order valence-corrected chi connectivity index (χ3v) is 6.47. The predicted octanol–water partition coefficient (Wildman–Crippen LogP) is 5.08. The summed E-state index contributed by atoms with van der Waals surface area (Å²) in [6.07, 6.45) is 2.14. The first-order chi connectivity index (χ1) is 17.7. The number of fused-ring (bicyclic) bond motifs is 1. The lowest BCUT2D eigenvalue weighted by Gasteiger charge is -2.32. The van der Waals surface area contributed by atoms with Gasteiger partial charge in [0.15, 0.2) is 0 Å². The molecule has 0 radical (unpaired) electrons. The molecule has 8 heteroatoms. The van der Waals surface area contributed by atoms with Crippen LogP contribution in [0.1, 0.15) is 33.7 Å². The van der Waals surface area contributed by atoms with Gasteiger partial charge in [0.1, 0.15) is 11.8 Å². The Kier molecular flexibility index (Phi) is 5.53. The van der Waals surface area contributed by atoms with Crippen molar-refractivity contribution in [2.24, 2.45) is 0 Å². The summed E-state index contributed by atoms with van der Waals surface area (Å²) in [6, 6.07) is 24.7. The fourth-order valence-corrected chi connectivity index (χ4v) is 4.50. The van der Waals surface area contributed by atoms with Gasteiger partial charge in [-0.05, 0) is 47.5 Å². The molecule has 1 N–H and O–H groups in total. The minimum Gasteiger partial charge on any atom is -0.497 e. The molecule has 6 rings (SSSR count). The highest BCUT2D eigenvalue weighted by Crippen LogP contribution is 2.34. The van der Waals surface area contributed by atoms with Gasteiger partial charge in [-0.15, -0.1) is 0 Å². The number of H-pyrrole nitrogens is 1. The van der Waals surface area contributed by atoms with Gasteiger partial charge in [-0.25, -0.2) is 4.98 Å². The van der Waals surface area contributed by atoms with Gasteiger partial charge >= 0.3 is 0 Å². The lowest BCUT2D eigenvalue weighted by molar-refractivity contribution is 0.0590. The van der Waals surface area contributed by atoms with Gasteiger partial charge in [0, 0.05) is 17.5 Å². The number of aromatic amines is 1. The predicted molar refractivity (Wildman–Crippen MR) is 133 cm³/mol. The Hall–Kier alpha value is -4.72. The molecule has 36 heavy (non-hydrogen) atoms. The van der Waals surface area contributed by atoms with Crippen molar-refractivity contribution in [2.45, 2.75) is 19.0 Å². The van der Waals surface area contributed by atoms with Crippen LogP contribution in [-0.2, 0) is 13.0 Å². The standard InChI is InChI=1S/C28H23N5O3/c1-35-22-13-11-20(12-14-22)26-31-27(36-32-26)25-15-23-24(30-17-29-23)16-33(25)28(34)21-9-7-19(8-10-21)18-5-3-2-4-6-18/h2-14,17,25H,15-16H2,1H3,(H,29,30)/t25-/m0/s1. The first-order valence-electron chi connectivity index (χ1n) is 11.6. The molecule has 178 valence electrons. The maximum absolute atomic E-state index is 13.7. The maximum Gasteiger partial charge on any atom is 0.254 e. The number of imidazole rings is 1. The van der Waals surface area contributed by atoms with E-state index >= 15 is 0 Å². The summed E-state index contributed by atoms with van der Waals surface area (Å²) in [4.78, 5) is 27.7. The Morgan fingerprint density at radius 3 is 2.44 bits per heavy atom. The van der Waals surface area contributed by atoms with Crippen molar-refractivity contribution in [3.8, 4) is 28.3 Å². The van der Waals surface area contributed by atoms with Crippen LogP contribution in [0.3, 0.4) is 0 Å². The van der Waals surface area contributed by atoms with E-state index in [1.165, 1.54) is 0 Å². The molecule has 0 spiro atoms. The molecule has 3 heterocycles. The molecule has 1 aliphatic rings. The fourth-order valence-electron chi connectivity index (χ4n) is 4.50. The zero-order chi connectivity index (χ0) is 24.5. The summed E-state index contributed by atoms with van der Waals surface area (Å²) in [5, 5.41) is 4.18. The van der Waals surface area contributed by atoms with Crippen LogP contribution in [0, 0.1) is 0 Å². The number of hydrogen-bond acceptors (Lipinski definition) is 6. The average Bonchev–Trinajstić information content (AvgIpc) is 3.62. The summed E-state index contributed by atoms with van der Waals surface area (Å²) < 4.78 is 10.9. The molecule has 8 nitrogen and oxygen atoms in total. The molecule has 0 fully saturated rings. The fraction of sp³-hybridized carbons (Fsp3) is 0.143. The van der Waals surface area contributed by atoms with E-state index in [0.717, 1.165) is 33.8 Å². The van der Waals surface area contributed by atoms with Crippen LogP contribution >= 0.6 is 0 Å². The highest BCUT2D eigenvalue weighted by atomic mass is 16.5. The van der Waals surface area contributed by atoms with E-state index in [-0.39, 0.29) is 5.91 Å². The molecule has 0 aliphatic carbocycles. The number of hydrogen-bond donors (Lipinski definition) is 1. The Bertz CT molecular complexity index is 1490. The summed E-state index contributed by atoms with van der Waals surface area (Å²) in [7, 11) is 1.62. The average molecular weight is 478 g/mol. The molecular formula is C28H23N5O3. The first-order valence-corrected chi connectivity index (χ1v) is 11.6. The molecule has 1 atom stereocenters. The Labute approximate surface area is 207 Å². The molecule has 2 aromatic heterocycles. The van der Waals surface area contributed by atoms with Gasteiger partial charge in [0.25, 0.3) is 5.91 Å². The Morgan fingerprint density at radius 1 is 0.972 bits per heavy atom. The summed E-state index contributed by atoms with van der Waals surface area (Å²) >= 11 is 0. The summed E-state index contributed by atoms with van der Waals surface area (Å²) in [6.45, 7) is 0.375. The van der Waals surface area contributed by atoms with Crippen LogP contribution in [0.2, 0.25) is 0 Å². The van der Waals surface area contributed by atoms with Crippen LogP contribution in [0.15, 0.2) is 89.7 Å². The number of amides is 1. The molecule has 0 saturated carbocycles. The largest absolute Gasteiger partial charge is 0.497 e. The van der Waals surface area contributed by atoms with Gasteiger partial charge in [-0.3, -0.25) is 4.79 Å². The Morgan fingerprint density at radius 2 is 1.69 bits per heavy atom. The molecule has 0 unspecified atom stereocenters. The minimum atomic E-state index is -0.429. The van der Waals surface area contributed by atoms with E-state index in [0.29, 0.717) is 30.2 Å². The molecular weight excluding hydrogens is 454 g/mol. The number of nitrogens with one attached hydrogen (secondary N) is 1. The summed E-state index contributed by atoms with van der Waals surface area (Å²) in [5.41, 5.74) is 5.36. The number of methoxy groups -OCH3 is 1.